The summed E-state index contributed by atoms with van der Waals surface area (Å²) in [5, 5.41) is 0. The number of likely N-dealkylation sites (N-methyl/N-ethyl adjacent to an activating group) is 1. The Kier molecular flexibility index (Phi) is 60.4. The molecule has 0 aromatic rings. The zero-order valence-corrected chi connectivity index (χ0v) is 54.7. The van der Waals surface area contributed by atoms with E-state index < -0.39 is 26.5 Å². The Morgan fingerprint density at radius 2 is 0.675 bits per heavy atom. The van der Waals surface area contributed by atoms with Crippen molar-refractivity contribution in [3.05, 3.63) is 36.5 Å². The minimum atomic E-state index is -4.64. The van der Waals surface area contributed by atoms with Gasteiger partial charge in [0.05, 0.1) is 27.7 Å². The minimum absolute atomic E-state index is 0.0307. The van der Waals surface area contributed by atoms with Crippen molar-refractivity contribution in [2.45, 2.75) is 354 Å². The van der Waals surface area contributed by atoms with E-state index in [2.05, 4.69) is 50.3 Å². The van der Waals surface area contributed by atoms with E-state index in [4.69, 9.17) is 18.5 Å². The maximum atomic E-state index is 12.8. The predicted octanol–water partition coefficient (Wildman–Crippen LogP) is 21.6. The molecule has 0 aromatic carbocycles. The molecule has 0 aliphatic heterocycles. The number of hydrogen-bond acceptors (Lipinski definition) is 8. The summed E-state index contributed by atoms with van der Waals surface area (Å²) in [6.07, 6.45) is 78.2. The van der Waals surface area contributed by atoms with Gasteiger partial charge in [-0.3, -0.25) is 14.2 Å². The molecule has 0 fully saturated rings. The van der Waals surface area contributed by atoms with Crippen LogP contribution in [0, 0.1) is 0 Å². The number of carbonyl (C=O) groups excluding carboxylic acids is 2. The zero-order valence-electron chi connectivity index (χ0n) is 53.8. The Hall–Kier alpha value is -1.77. The highest BCUT2D eigenvalue weighted by Gasteiger charge is 2.22. The van der Waals surface area contributed by atoms with Gasteiger partial charge in [-0.2, -0.15) is 0 Å². The van der Waals surface area contributed by atoms with Crippen molar-refractivity contribution >= 4 is 19.8 Å². The molecular weight excluding hydrogens is 1010 g/mol. The number of ether oxygens (including phenoxy) is 2. The van der Waals surface area contributed by atoms with Crippen molar-refractivity contribution in [1.82, 2.24) is 0 Å². The van der Waals surface area contributed by atoms with Crippen molar-refractivity contribution in [2.24, 2.45) is 0 Å². The van der Waals surface area contributed by atoms with Crippen LogP contribution in [0.3, 0.4) is 0 Å². The molecule has 2 atom stereocenters. The maximum absolute atomic E-state index is 12.8. The van der Waals surface area contributed by atoms with Crippen LogP contribution in [0.15, 0.2) is 36.5 Å². The molecule has 0 aliphatic rings. The first-order valence-corrected chi connectivity index (χ1v) is 36.2. The quantitative estimate of drug-likeness (QED) is 0.0195. The number of phosphoric acid groups is 1. The second-order valence-electron chi connectivity index (χ2n) is 24.9. The van der Waals surface area contributed by atoms with Crippen molar-refractivity contribution < 1.29 is 42.1 Å². The summed E-state index contributed by atoms with van der Waals surface area (Å²) in [4.78, 5) is 37.9. The molecule has 80 heavy (non-hydrogen) atoms. The summed E-state index contributed by atoms with van der Waals surface area (Å²) in [7, 11) is 1.17. The van der Waals surface area contributed by atoms with Crippen LogP contribution in [0.1, 0.15) is 348 Å². The fourth-order valence-corrected chi connectivity index (χ4v) is 11.0. The van der Waals surface area contributed by atoms with Gasteiger partial charge >= 0.3 is 11.9 Å². The molecule has 10 heteroatoms. The SMILES string of the molecule is CCCCC/C=C\C/C=C\CCCCCCCCCC(=O)OC(COC(=O)CCCCCCCCCCCCCCCCCCCCCCCCCCCCC/C=C\CCCCCCCCCC)COP(=O)([O-])OCC[N+](C)(C)C. The van der Waals surface area contributed by atoms with Crippen LogP contribution in [0.25, 0.3) is 0 Å². The number of esters is 2. The van der Waals surface area contributed by atoms with Crippen molar-refractivity contribution in [1.29, 1.82) is 0 Å². The van der Waals surface area contributed by atoms with Gasteiger partial charge in [0.2, 0.25) is 0 Å². The first-order chi connectivity index (χ1) is 39.0. The van der Waals surface area contributed by atoms with Crippen molar-refractivity contribution in [3.63, 3.8) is 0 Å². The van der Waals surface area contributed by atoms with Gasteiger partial charge in [0, 0.05) is 12.8 Å². The molecule has 0 spiro atoms. The number of quaternary nitrogens is 1. The maximum Gasteiger partial charge on any atom is 0.306 e. The monoisotopic (exact) mass is 1150 g/mol. The van der Waals surface area contributed by atoms with Crippen molar-refractivity contribution in [2.75, 3.05) is 47.5 Å². The number of phosphoric ester groups is 1. The van der Waals surface area contributed by atoms with Gasteiger partial charge in [-0.15, -0.1) is 0 Å². The van der Waals surface area contributed by atoms with E-state index in [9.17, 15) is 19.0 Å². The lowest BCUT2D eigenvalue weighted by molar-refractivity contribution is -0.870. The molecule has 2 unspecified atom stereocenters. The Balaban J connectivity index is 3.87. The Morgan fingerprint density at radius 3 is 1.02 bits per heavy atom. The van der Waals surface area contributed by atoms with Crippen LogP contribution in [0.2, 0.25) is 0 Å². The number of rotatable bonds is 65. The number of hydrogen-bond donors (Lipinski definition) is 0. The molecule has 0 saturated heterocycles. The normalized spacial score (nSPS) is 13.3. The van der Waals surface area contributed by atoms with Gasteiger partial charge in [0.25, 0.3) is 7.82 Å². The number of nitrogens with zero attached hydrogens (tertiary/aromatic N) is 1. The molecule has 472 valence electrons. The van der Waals surface area contributed by atoms with Crippen LogP contribution in [-0.4, -0.2) is 70.0 Å². The Morgan fingerprint density at radius 1 is 0.388 bits per heavy atom. The molecule has 0 amide bonds. The fourth-order valence-electron chi connectivity index (χ4n) is 10.3. The lowest BCUT2D eigenvalue weighted by Gasteiger charge is -2.28. The highest BCUT2D eigenvalue weighted by atomic mass is 31.2. The summed E-state index contributed by atoms with van der Waals surface area (Å²) in [5.74, 6) is -0.826. The average molecular weight is 1150 g/mol. The van der Waals surface area contributed by atoms with E-state index in [0.717, 1.165) is 51.4 Å². The third-order valence-corrected chi connectivity index (χ3v) is 16.6. The molecule has 0 N–H and O–H groups in total. The Labute approximate surface area is 497 Å². The first kappa shape index (κ1) is 78.2. The van der Waals surface area contributed by atoms with Gasteiger partial charge in [-0.1, -0.05) is 301 Å². The molecule has 0 rings (SSSR count). The summed E-state index contributed by atoms with van der Waals surface area (Å²) in [5.41, 5.74) is 0. The summed E-state index contributed by atoms with van der Waals surface area (Å²) in [6, 6.07) is 0. The summed E-state index contributed by atoms with van der Waals surface area (Å²) in [6.45, 7) is 4.25. The van der Waals surface area contributed by atoms with Gasteiger partial charge in [-0.05, 0) is 70.6 Å². The first-order valence-electron chi connectivity index (χ1n) is 34.7. The van der Waals surface area contributed by atoms with Crippen LogP contribution in [-0.2, 0) is 32.7 Å². The van der Waals surface area contributed by atoms with Crippen LogP contribution < -0.4 is 4.89 Å². The molecular formula is C70H134NO8P. The highest BCUT2D eigenvalue weighted by molar-refractivity contribution is 7.45. The smallest absolute Gasteiger partial charge is 0.306 e. The van der Waals surface area contributed by atoms with Crippen LogP contribution in [0.5, 0.6) is 0 Å². The van der Waals surface area contributed by atoms with Gasteiger partial charge in [0.1, 0.15) is 19.8 Å². The standard InChI is InChI=1S/C70H134NO8P/c1-6-8-10-12-14-16-18-20-22-24-25-26-27-28-29-30-31-32-33-34-35-36-37-38-39-40-41-42-43-44-45-47-48-50-52-54-56-58-60-62-69(72)76-66-68(67-78-80(74,75)77-65-64-71(3,4)5)79-70(73)63-61-59-57-55-53-51-49-46-23-21-19-17-15-13-11-9-7-2/h15,17,21,23-25,68H,6-14,16,18-20,22,26-67H2,1-5H3/b17-15-,23-21-,25-24-. The predicted molar refractivity (Wildman–Crippen MR) is 342 cm³/mol. The van der Waals surface area contributed by atoms with E-state index in [1.165, 1.54) is 263 Å². The molecule has 0 aromatic heterocycles. The lowest BCUT2D eigenvalue weighted by Crippen LogP contribution is -2.37. The second kappa shape index (κ2) is 61.8. The van der Waals surface area contributed by atoms with Crippen molar-refractivity contribution in [3.8, 4) is 0 Å². The third-order valence-electron chi connectivity index (χ3n) is 15.6. The van der Waals surface area contributed by atoms with Gasteiger partial charge < -0.3 is 27.9 Å². The molecule has 0 radical (unpaired) electrons. The number of unbranched alkanes of at least 4 members (excludes halogenated alkanes) is 45. The van der Waals surface area contributed by atoms with Gasteiger partial charge in [-0.25, -0.2) is 0 Å². The van der Waals surface area contributed by atoms with E-state index in [-0.39, 0.29) is 32.0 Å². The van der Waals surface area contributed by atoms with E-state index in [1.54, 1.807) is 0 Å². The van der Waals surface area contributed by atoms with E-state index >= 15 is 0 Å². The van der Waals surface area contributed by atoms with E-state index in [0.29, 0.717) is 17.4 Å². The molecule has 0 aliphatic carbocycles. The zero-order chi connectivity index (χ0) is 58.4. The number of carbonyl (C=O) groups is 2. The molecule has 9 nitrogen and oxygen atoms in total. The fraction of sp³-hybridized carbons (Fsp3) is 0.886. The van der Waals surface area contributed by atoms with Gasteiger partial charge in [0.15, 0.2) is 6.10 Å². The minimum Gasteiger partial charge on any atom is -0.756 e. The molecule has 0 bridgehead atoms. The molecule has 0 heterocycles. The number of allylic oxidation sites excluding steroid dienone is 6. The average Bonchev–Trinajstić information content (AvgIpc) is 3.42. The second-order valence-corrected chi connectivity index (χ2v) is 26.3. The Bertz CT molecular complexity index is 1440. The summed E-state index contributed by atoms with van der Waals surface area (Å²) < 4.78 is 34.2. The topological polar surface area (TPSA) is 111 Å². The third kappa shape index (κ3) is 65.4. The highest BCUT2D eigenvalue weighted by Crippen LogP contribution is 2.38. The summed E-state index contributed by atoms with van der Waals surface area (Å²) >= 11 is 0. The lowest BCUT2D eigenvalue weighted by atomic mass is 10.0. The van der Waals surface area contributed by atoms with E-state index in [1.807, 2.05) is 21.1 Å². The molecule has 0 saturated carbocycles. The van der Waals surface area contributed by atoms with Crippen LogP contribution >= 0.6 is 7.82 Å². The van der Waals surface area contributed by atoms with Crippen LogP contribution in [0.4, 0.5) is 0 Å². The largest absolute Gasteiger partial charge is 0.756 e.